The lowest BCUT2D eigenvalue weighted by molar-refractivity contribution is 0.101. The Bertz CT molecular complexity index is 536. The van der Waals surface area contributed by atoms with Gasteiger partial charge in [0.15, 0.2) is 5.78 Å². The summed E-state index contributed by atoms with van der Waals surface area (Å²) in [4.78, 5) is 12.9. The first kappa shape index (κ1) is 12.8. The molecule has 18 heavy (non-hydrogen) atoms. The number of hydrogen-bond donors (Lipinski definition) is 0. The minimum absolute atomic E-state index is 0.0312. The minimum atomic E-state index is -0.269. The first-order chi connectivity index (χ1) is 8.70. The summed E-state index contributed by atoms with van der Waals surface area (Å²) in [6.07, 6.45) is 1.62. The van der Waals surface area contributed by atoms with Gasteiger partial charge in [0.05, 0.1) is 5.75 Å². The molecule has 2 rings (SSSR count). The van der Waals surface area contributed by atoms with Gasteiger partial charge in [0.2, 0.25) is 0 Å². The molecule has 0 N–H and O–H groups in total. The van der Waals surface area contributed by atoms with Crippen LogP contribution in [-0.2, 0) is 6.54 Å². The standard InChI is InChI=1S/C13H13FN2OS/c1-2-16-12(7-8-15-16)13(17)9-18-11-5-3-10(14)4-6-11/h3-8H,2,9H2,1H3. The van der Waals surface area contributed by atoms with E-state index in [-0.39, 0.29) is 11.6 Å². The topological polar surface area (TPSA) is 34.9 Å². The normalized spacial score (nSPS) is 10.6. The van der Waals surface area contributed by atoms with Crippen LogP contribution in [0.3, 0.4) is 0 Å². The van der Waals surface area contributed by atoms with E-state index in [0.29, 0.717) is 18.0 Å². The van der Waals surface area contributed by atoms with Gasteiger partial charge in [-0.3, -0.25) is 9.48 Å². The quantitative estimate of drug-likeness (QED) is 0.615. The van der Waals surface area contributed by atoms with Crippen molar-refractivity contribution in [2.45, 2.75) is 18.4 Å². The average Bonchev–Trinajstić information content (AvgIpc) is 2.86. The van der Waals surface area contributed by atoms with E-state index in [2.05, 4.69) is 5.10 Å². The van der Waals surface area contributed by atoms with Gasteiger partial charge in [0, 0.05) is 17.6 Å². The van der Waals surface area contributed by atoms with Gasteiger partial charge < -0.3 is 0 Å². The van der Waals surface area contributed by atoms with Crippen molar-refractivity contribution < 1.29 is 9.18 Å². The Balaban J connectivity index is 1.98. The van der Waals surface area contributed by atoms with E-state index in [1.165, 1.54) is 23.9 Å². The molecular weight excluding hydrogens is 251 g/mol. The Hall–Kier alpha value is -1.62. The third-order valence-electron chi connectivity index (χ3n) is 2.49. The molecule has 1 aromatic heterocycles. The smallest absolute Gasteiger partial charge is 0.191 e. The van der Waals surface area contributed by atoms with E-state index in [1.807, 2.05) is 6.92 Å². The van der Waals surface area contributed by atoms with E-state index in [9.17, 15) is 9.18 Å². The Labute approximate surface area is 109 Å². The van der Waals surface area contributed by atoms with Crippen LogP contribution in [0.1, 0.15) is 17.4 Å². The van der Waals surface area contributed by atoms with Crippen molar-refractivity contribution in [3.63, 3.8) is 0 Å². The molecule has 0 unspecified atom stereocenters. The van der Waals surface area contributed by atoms with Gasteiger partial charge in [-0.15, -0.1) is 11.8 Å². The van der Waals surface area contributed by atoms with Crippen LogP contribution in [0.25, 0.3) is 0 Å². The predicted molar refractivity (Wildman–Crippen MR) is 69.4 cm³/mol. The number of rotatable bonds is 5. The van der Waals surface area contributed by atoms with E-state index < -0.39 is 0 Å². The molecule has 0 aliphatic heterocycles. The lowest BCUT2D eigenvalue weighted by atomic mass is 10.3. The number of Topliss-reactive ketones (excluding diaryl/α,β-unsaturated/α-hetero) is 1. The fourth-order valence-corrected chi connectivity index (χ4v) is 2.35. The number of aromatic nitrogens is 2. The number of hydrogen-bond acceptors (Lipinski definition) is 3. The van der Waals surface area contributed by atoms with Crippen molar-refractivity contribution >= 4 is 17.5 Å². The van der Waals surface area contributed by atoms with Gasteiger partial charge in [-0.05, 0) is 37.3 Å². The second kappa shape index (κ2) is 5.82. The van der Waals surface area contributed by atoms with Gasteiger partial charge in [0.1, 0.15) is 11.5 Å². The zero-order valence-corrected chi connectivity index (χ0v) is 10.8. The molecule has 0 spiro atoms. The molecule has 0 saturated carbocycles. The summed E-state index contributed by atoms with van der Waals surface area (Å²) in [5.41, 5.74) is 0.618. The highest BCUT2D eigenvalue weighted by Crippen LogP contribution is 2.19. The number of nitrogens with zero attached hydrogens (tertiary/aromatic N) is 2. The fourth-order valence-electron chi connectivity index (χ4n) is 1.58. The molecule has 0 saturated heterocycles. The maximum Gasteiger partial charge on any atom is 0.191 e. The lowest BCUT2D eigenvalue weighted by Crippen LogP contribution is -2.11. The van der Waals surface area contributed by atoms with Crippen LogP contribution < -0.4 is 0 Å². The summed E-state index contributed by atoms with van der Waals surface area (Å²) >= 11 is 1.40. The van der Waals surface area contributed by atoms with Crippen LogP contribution in [0.5, 0.6) is 0 Å². The summed E-state index contributed by atoms with van der Waals surface area (Å²) < 4.78 is 14.4. The molecule has 0 aliphatic rings. The minimum Gasteiger partial charge on any atom is -0.292 e. The first-order valence-corrected chi connectivity index (χ1v) is 6.62. The highest BCUT2D eigenvalue weighted by Gasteiger charge is 2.11. The third kappa shape index (κ3) is 2.98. The molecule has 0 radical (unpaired) electrons. The Morgan fingerprint density at radius 2 is 2.06 bits per heavy atom. The molecule has 2 aromatic rings. The molecule has 0 atom stereocenters. The summed E-state index contributed by atoms with van der Waals surface area (Å²) in [5, 5.41) is 4.06. The van der Waals surface area contributed by atoms with Gasteiger partial charge in [0.25, 0.3) is 0 Å². The fraction of sp³-hybridized carbons (Fsp3) is 0.231. The molecule has 1 heterocycles. The first-order valence-electron chi connectivity index (χ1n) is 5.64. The van der Waals surface area contributed by atoms with Gasteiger partial charge in [-0.2, -0.15) is 5.10 Å². The zero-order chi connectivity index (χ0) is 13.0. The van der Waals surface area contributed by atoms with Crippen molar-refractivity contribution in [3.8, 4) is 0 Å². The Kier molecular flexibility index (Phi) is 4.15. The van der Waals surface area contributed by atoms with Gasteiger partial charge in [-0.25, -0.2) is 4.39 Å². The number of carbonyl (C=O) groups is 1. The van der Waals surface area contributed by atoms with Crippen LogP contribution in [0, 0.1) is 5.82 Å². The molecular formula is C13H13FN2OS. The SMILES string of the molecule is CCn1nccc1C(=O)CSc1ccc(F)cc1. The van der Waals surface area contributed by atoms with Crippen LogP contribution in [0.4, 0.5) is 4.39 Å². The largest absolute Gasteiger partial charge is 0.292 e. The summed E-state index contributed by atoms with van der Waals surface area (Å²) in [7, 11) is 0. The number of benzene rings is 1. The van der Waals surface area contributed by atoms with Crippen molar-refractivity contribution in [1.82, 2.24) is 9.78 Å². The van der Waals surface area contributed by atoms with Crippen molar-refractivity contribution in [2.75, 3.05) is 5.75 Å². The Morgan fingerprint density at radius 3 is 2.72 bits per heavy atom. The maximum atomic E-state index is 12.7. The monoisotopic (exact) mass is 264 g/mol. The van der Waals surface area contributed by atoms with Crippen molar-refractivity contribution in [2.24, 2.45) is 0 Å². The van der Waals surface area contributed by atoms with E-state index in [4.69, 9.17) is 0 Å². The highest BCUT2D eigenvalue weighted by atomic mass is 32.2. The van der Waals surface area contributed by atoms with Crippen LogP contribution >= 0.6 is 11.8 Å². The van der Waals surface area contributed by atoms with Crippen LogP contribution in [0.15, 0.2) is 41.4 Å². The average molecular weight is 264 g/mol. The molecule has 3 nitrogen and oxygen atoms in total. The molecule has 0 bridgehead atoms. The van der Waals surface area contributed by atoms with Crippen LogP contribution in [0.2, 0.25) is 0 Å². The number of ketones is 1. The third-order valence-corrected chi connectivity index (χ3v) is 3.50. The summed E-state index contributed by atoms with van der Waals surface area (Å²) in [6, 6.07) is 7.85. The number of halogens is 1. The molecule has 94 valence electrons. The Morgan fingerprint density at radius 1 is 1.33 bits per heavy atom. The van der Waals surface area contributed by atoms with Crippen molar-refractivity contribution in [1.29, 1.82) is 0 Å². The highest BCUT2D eigenvalue weighted by molar-refractivity contribution is 8.00. The summed E-state index contributed by atoms with van der Waals surface area (Å²) in [6.45, 7) is 2.62. The molecule has 0 aliphatic carbocycles. The molecule has 0 amide bonds. The molecule has 5 heteroatoms. The second-order valence-electron chi connectivity index (χ2n) is 3.70. The molecule has 0 fully saturated rings. The number of carbonyl (C=O) groups excluding carboxylic acids is 1. The van der Waals surface area contributed by atoms with Crippen LogP contribution in [-0.4, -0.2) is 21.3 Å². The van der Waals surface area contributed by atoms with Gasteiger partial charge >= 0.3 is 0 Å². The predicted octanol–water partition coefficient (Wildman–Crippen LogP) is 3.02. The van der Waals surface area contributed by atoms with E-state index in [1.54, 1.807) is 29.1 Å². The number of thioether (sulfide) groups is 1. The summed E-state index contributed by atoms with van der Waals surface area (Å²) in [5.74, 6) is 0.0931. The second-order valence-corrected chi connectivity index (χ2v) is 4.75. The zero-order valence-electron chi connectivity index (χ0n) is 9.97. The van der Waals surface area contributed by atoms with E-state index >= 15 is 0 Å². The van der Waals surface area contributed by atoms with Crippen molar-refractivity contribution in [3.05, 3.63) is 48.0 Å². The number of aryl methyl sites for hydroxylation is 1. The van der Waals surface area contributed by atoms with E-state index in [0.717, 1.165) is 4.90 Å². The molecule has 1 aromatic carbocycles. The van der Waals surface area contributed by atoms with Gasteiger partial charge in [-0.1, -0.05) is 0 Å². The lowest BCUT2D eigenvalue weighted by Gasteiger charge is -2.04. The maximum absolute atomic E-state index is 12.7.